The Morgan fingerprint density at radius 3 is 2.24 bits per heavy atom. The van der Waals surface area contributed by atoms with Gasteiger partial charge in [0, 0.05) is 11.8 Å². The van der Waals surface area contributed by atoms with Gasteiger partial charge in [0.25, 0.3) is 0 Å². The highest BCUT2D eigenvalue weighted by atomic mass is 79.9. The van der Waals surface area contributed by atoms with E-state index < -0.39 is 0 Å². The van der Waals surface area contributed by atoms with E-state index in [1.807, 2.05) is 6.07 Å². The quantitative estimate of drug-likeness (QED) is 0.605. The second-order valence-corrected chi connectivity index (χ2v) is 4.20. The molecular formula is C13H20BrCl2N. The van der Waals surface area contributed by atoms with Crippen LogP contribution < -0.4 is 23.1 Å². The van der Waals surface area contributed by atoms with Gasteiger partial charge in [-0.05, 0) is 24.8 Å². The van der Waals surface area contributed by atoms with Crippen LogP contribution in [0.4, 0.5) is 0 Å². The summed E-state index contributed by atoms with van der Waals surface area (Å²) in [5.74, 6) is 1.36. The minimum absolute atomic E-state index is 0. The van der Waals surface area contributed by atoms with Crippen LogP contribution in [0.5, 0.6) is 0 Å². The zero-order valence-electron chi connectivity index (χ0n) is 10.1. The maximum atomic E-state index is 5.77. The molecule has 0 spiro atoms. The highest BCUT2D eigenvalue weighted by Crippen LogP contribution is 2.13. The molecule has 1 aromatic carbocycles. The zero-order valence-corrected chi connectivity index (χ0v) is 13.2. The molecule has 17 heavy (non-hydrogen) atoms. The SMILES string of the molecule is ClCCC=C(CCCl)Cc1ccccc1.[Br-].[NH4+]. The summed E-state index contributed by atoms with van der Waals surface area (Å²) in [5, 5.41) is 0. The number of rotatable bonds is 6. The molecule has 0 atom stereocenters. The van der Waals surface area contributed by atoms with Crippen molar-refractivity contribution < 1.29 is 17.0 Å². The van der Waals surface area contributed by atoms with Gasteiger partial charge in [-0.1, -0.05) is 42.0 Å². The summed E-state index contributed by atoms with van der Waals surface area (Å²) in [4.78, 5) is 0. The van der Waals surface area contributed by atoms with Gasteiger partial charge in [-0.3, -0.25) is 0 Å². The molecule has 1 rings (SSSR count). The first-order valence-corrected chi connectivity index (χ1v) is 6.27. The van der Waals surface area contributed by atoms with Crippen molar-refractivity contribution in [1.82, 2.24) is 6.15 Å². The minimum atomic E-state index is 0. The lowest BCUT2D eigenvalue weighted by Gasteiger charge is -2.05. The molecule has 98 valence electrons. The van der Waals surface area contributed by atoms with E-state index in [-0.39, 0.29) is 23.1 Å². The van der Waals surface area contributed by atoms with Crippen LogP contribution in [-0.2, 0) is 6.42 Å². The second kappa shape index (κ2) is 12.4. The number of benzene rings is 1. The van der Waals surface area contributed by atoms with Crippen molar-refractivity contribution in [3.05, 3.63) is 47.5 Å². The molecule has 0 saturated carbocycles. The van der Waals surface area contributed by atoms with Gasteiger partial charge in [0.15, 0.2) is 0 Å². The average molecular weight is 341 g/mol. The van der Waals surface area contributed by atoms with Crippen molar-refractivity contribution >= 4 is 23.2 Å². The van der Waals surface area contributed by atoms with E-state index in [1.54, 1.807) is 0 Å². The number of hydrogen-bond donors (Lipinski definition) is 1. The molecule has 4 N–H and O–H groups in total. The minimum Gasteiger partial charge on any atom is -1.00 e. The first-order chi connectivity index (χ1) is 7.36. The summed E-state index contributed by atoms with van der Waals surface area (Å²) in [5.41, 5.74) is 2.72. The van der Waals surface area contributed by atoms with Crippen molar-refractivity contribution in [1.29, 1.82) is 0 Å². The molecule has 4 heteroatoms. The molecule has 0 aromatic heterocycles. The Morgan fingerprint density at radius 2 is 1.71 bits per heavy atom. The van der Waals surface area contributed by atoms with E-state index >= 15 is 0 Å². The predicted octanol–water partition coefficient (Wildman–Crippen LogP) is 1.79. The molecular weight excluding hydrogens is 321 g/mol. The fourth-order valence-corrected chi connectivity index (χ4v) is 1.85. The molecule has 0 bridgehead atoms. The normalized spacial score (nSPS) is 10.4. The van der Waals surface area contributed by atoms with Crippen LogP contribution in [0.25, 0.3) is 0 Å². The van der Waals surface area contributed by atoms with Crippen LogP contribution in [0.2, 0.25) is 0 Å². The summed E-state index contributed by atoms with van der Waals surface area (Å²) in [7, 11) is 0. The summed E-state index contributed by atoms with van der Waals surface area (Å²) in [6.45, 7) is 0. The van der Waals surface area contributed by atoms with Crippen LogP contribution in [0, 0.1) is 0 Å². The first-order valence-electron chi connectivity index (χ1n) is 5.20. The van der Waals surface area contributed by atoms with E-state index in [9.17, 15) is 0 Å². The van der Waals surface area contributed by atoms with Gasteiger partial charge in [0.1, 0.15) is 0 Å². The molecule has 1 aromatic rings. The van der Waals surface area contributed by atoms with Gasteiger partial charge in [-0.2, -0.15) is 0 Å². The Kier molecular flexibility index (Phi) is 14.1. The Labute approximate surface area is 125 Å². The third-order valence-corrected chi connectivity index (χ3v) is 2.64. The lowest BCUT2D eigenvalue weighted by atomic mass is 10.0. The molecule has 0 aliphatic rings. The topological polar surface area (TPSA) is 36.5 Å². The van der Waals surface area contributed by atoms with Crippen LogP contribution in [0.15, 0.2) is 42.0 Å². The highest BCUT2D eigenvalue weighted by molar-refractivity contribution is 6.18. The van der Waals surface area contributed by atoms with E-state index in [2.05, 4.69) is 30.3 Å². The third kappa shape index (κ3) is 8.67. The van der Waals surface area contributed by atoms with Gasteiger partial charge in [-0.25, -0.2) is 0 Å². The lowest BCUT2D eigenvalue weighted by Crippen LogP contribution is -3.00. The van der Waals surface area contributed by atoms with Gasteiger partial charge in [0.2, 0.25) is 0 Å². The summed E-state index contributed by atoms with van der Waals surface area (Å²) in [6, 6.07) is 10.4. The first kappa shape index (κ1) is 19.3. The maximum absolute atomic E-state index is 5.77. The molecule has 0 aliphatic heterocycles. The number of alkyl halides is 2. The Hall–Kier alpha value is -0.0200. The van der Waals surface area contributed by atoms with Gasteiger partial charge < -0.3 is 23.1 Å². The number of quaternary nitrogens is 1. The number of halogens is 3. The maximum Gasteiger partial charge on any atom is 0.0260 e. The largest absolute Gasteiger partial charge is 1.00 e. The molecule has 0 amide bonds. The van der Waals surface area contributed by atoms with Crippen molar-refractivity contribution in [3.63, 3.8) is 0 Å². The number of allylic oxidation sites excluding steroid dienone is 2. The fourth-order valence-electron chi connectivity index (χ4n) is 1.50. The molecule has 0 fully saturated rings. The van der Waals surface area contributed by atoms with Crippen molar-refractivity contribution in [3.8, 4) is 0 Å². The van der Waals surface area contributed by atoms with Crippen LogP contribution in [0.3, 0.4) is 0 Å². The predicted molar refractivity (Wildman–Crippen MR) is 74.9 cm³/mol. The zero-order chi connectivity index (χ0) is 10.9. The van der Waals surface area contributed by atoms with Crippen molar-refractivity contribution in [2.45, 2.75) is 19.3 Å². The molecule has 1 nitrogen and oxygen atoms in total. The van der Waals surface area contributed by atoms with E-state index in [0.717, 1.165) is 19.3 Å². The highest BCUT2D eigenvalue weighted by Gasteiger charge is 1.98. The monoisotopic (exact) mass is 339 g/mol. The van der Waals surface area contributed by atoms with Crippen LogP contribution in [0.1, 0.15) is 18.4 Å². The molecule has 0 heterocycles. The Balaban J connectivity index is 0. The Bertz CT molecular complexity index is 302. The third-order valence-electron chi connectivity index (χ3n) is 2.23. The van der Waals surface area contributed by atoms with Crippen LogP contribution >= 0.6 is 23.2 Å². The van der Waals surface area contributed by atoms with Gasteiger partial charge in [0.05, 0.1) is 0 Å². The van der Waals surface area contributed by atoms with Crippen molar-refractivity contribution in [2.24, 2.45) is 0 Å². The smallest absolute Gasteiger partial charge is 0.0260 e. The molecule has 0 saturated heterocycles. The van der Waals surface area contributed by atoms with E-state index in [0.29, 0.717) is 11.8 Å². The van der Waals surface area contributed by atoms with Gasteiger partial charge in [-0.15, -0.1) is 23.2 Å². The average Bonchev–Trinajstić information content (AvgIpc) is 2.28. The van der Waals surface area contributed by atoms with E-state index in [4.69, 9.17) is 23.2 Å². The molecule has 0 aliphatic carbocycles. The molecule has 0 unspecified atom stereocenters. The van der Waals surface area contributed by atoms with Crippen LogP contribution in [-0.4, -0.2) is 11.8 Å². The standard InChI is InChI=1S/C13H16Cl2.BrH.H3N/c14-9-4-7-13(8-10-15)11-12-5-2-1-3-6-12;;/h1-3,5-7H,4,8-11H2;1H;1H3. The Morgan fingerprint density at radius 1 is 1.06 bits per heavy atom. The van der Waals surface area contributed by atoms with Crippen molar-refractivity contribution in [2.75, 3.05) is 11.8 Å². The van der Waals surface area contributed by atoms with Gasteiger partial charge >= 0.3 is 0 Å². The summed E-state index contributed by atoms with van der Waals surface area (Å²) < 4.78 is 0. The summed E-state index contributed by atoms with van der Waals surface area (Å²) >= 11 is 11.4. The molecule has 0 radical (unpaired) electrons. The van der Waals surface area contributed by atoms with E-state index in [1.165, 1.54) is 11.1 Å². The lowest BCUT2D eigenvalue weighted by molar-refractivity contribution is -0.00000343. The second-order valence-electron chi connectivity index (χ2n) is 3.44. The fraction of sp³-hybridized carbons (Fsp3) is 0.385. The summed E-state index contributed by atoms with van der Waals surface area (Å²) in [6.07, 6.45) is 5.08. The number of hydrogen-bond acceptors (Lipinski definition) is 0.